The number of Topliss-reactive ketones (excluding diaryl/α,β-unsaturated/α-hetero) is 1. The number of piperidine rings is 1. The van der Waals surface area contributed by atoms with Crippen molar-refractivity contribution in [1.82, 2.24) is 4.90 Å². The molecule has 13 heavy (non-hydrogen) atoms. The molecule has 2 fully saturated rings. The Kier molecular flexibility index (Phi) is 1.98. The Hall–Kier alpha value is -1.06. The van der Waals surface area contributed by atoms with Crippen molar-refractivity contribution in [1.29, 1.82) is 0 Å². The summed E-state index contributed by atoms with van der Waals surface area (Å²) in [6.07, 6.45) is 1.60. The molecule has 0 aromatic carbocycles. The fourth-order valence-corrected chi connectivity index (χ4v) is 2.40. The van der Waals surface area contributed by atoms with Gasteiger partial charge >= 0.3 is 6.09 Å². The number of nitrogens with zero attached hydrogens (tertiary/aromatic N) is 1. The first-order valence-electron chi connectivity index (χ1n) is 4.69. The van der Waals surface area contributed by atoms with Crippen LogP contribution in [0.25, 0.3) is 0 Å². The second kappa shape index (κ2) is 3.01. The van der Waals surface area contributed by atoms with Gasteiger partial charge < -0.3 is 10.0 Å². The Morgan fingerprint density at radius 1 is 1.46 bits per heavy atom. The third kappa shape index (κ3) is 1.41. The van der Waals surface area contributed by atoms with Gasteiger partial charge in [-0.15, -0.1) is 0 Å². The quantitative estimate of drug-likeness (QED) is 0.608. The van der Waals surface area contributed by atoms with Gasteiger partial charge in [0.2, 0.25) is 0 Å². The standard InChI is InChI=1S/C9H13NO3/c11-8-2-1-6-3-4-10(9(12)13)5-7(6)8/h6-7H,1-5H2,(H,12,13)/t6-,7+/m1/s1. The highest BCUT2D eigenvalue weighted by Crippen LogP contribution is 2.35. The Bertz CT molecular complexity index is 251. The summed E-state index contributed by atoms with van der Waals surface area (Å²) in [7, 11) is 0. The van der Waals surface area contributed by atoms with E-state index in [1.165, 1.54) is 4.90 Å². The van der Waals surface area contributed by atoms with Gasteiger partial charge in [-0.3, -0.25) is 4.79 Å². The average Bonchev–Trinajstić information content (AvgIpc) is 2.47. The summed E-state index contributed by atoms with van der Waals surface area (Å²) < 4.78 is 0. The molecule has 1 aliphatic carbocycles. The maximum absolute atomic E-state index is 11.4. The van der Waals surface area contributed by atoms with Gasteiger partial charge in [-0.25, -0.2) is 4.79 Å². The molecule has 1 aliphatic heterocycles. The van der Waals surface area contributed by atoms with Crippen LogP contribution in [0.15, 0.2) is 0 Å². The summed E-state index contributed by atoms with van der Waals surface area (Å²) in [5, 5.41) is 8.76. The largest absolute Gasteiger partial charge is 0.465 e. The first-order valence-corrected chi connectivity index (χ1v) is 4.69. The van der Waals surface area contributed by atoms with Crippen molar-refractivity contribution in [2.75, 3.05) is 13.1 Å². The number of amides is 1. The van der Waals surface area contributed by atoms with Crippen LogP contribution in [0, 0.1) is 11.8 Å². The molecule has 2 atom stereocenters. The minimum atomic E-state index is -0.891. The topological polar surface area (TPSA) is 57.6 Å². The molecule has 4 heteroatoms. The van der Waals surface area contributed by atoms with Gasteiger partial charge in [-0.2, -0.15) is 0 Å². The van der Waals surface area contributed by atoms with Crippen molar-refractivity contribution in [2.24, 2.45) is 11.8 Å². The summed E-state index contributed by atoms with van der Waals surface area (Å²) in [6.45, 7) is 1.03. The van der Waals surface area contributed by atoms with Crippen molar-refractivity contribution >= 4 is 11.9 Å². The minimum Gasteiger partial charge on any atom is -0.465 e. The van der Waals surface area contributed by atoms with Gasteiger partial charge in [-0.05, 0) is 18.8 Å². The predicted octanol–water partition coefficient (Wildman–Crippen LogP) is 0.965. The predicted molar refractivity (Wildman–Crippen MR) is 45.4 cm³/mol. The van der Waals surface area contributed by atoms with Gasteiger partial charge in [0.25, 0.3) is 0 Å². The summed E-state index contributed by atoms with van der Waals surface area (Å²) in [4.78, 5) is 23.4. The maximum Gasteiger partial charge on any atom is 0.407 e. The van der Waals surface area contributed by atoms with Crippen molar-refractivity contribution in [3.05, 3.63) is 0 Å². The zero-order valence-electron chi connectivity index (χ0n) is 7.40. The third-order valence-corrected chi connectivity index (χ3v) is 3.20. The SMILES string of the molecule is O=C1CC[C@@H]2CCN(C(=O)O)C[C@H]12. The number of hydrogen-bond donors (Lipinski definition) is 1. The summed E-state index contributed by atoms with van der Waals surface area (Å²) >= 11 is 0. The highest BCUT2D eigenvalue weighted by atomic mass is 16.4. The van der Waals surface area contributed by atoms with E-state index in [-0.39, 0.29) is 11.7 Å². The lowest BCUT2D eigenvalue weighted by molar-refractivity contribution is -0.122. The van der Waals surface area contributed by atoms with Crippen molar-refractivity contribution < 1.29 is 14.7 Å². The lowest BCUT2D eigenvalue weighted by atomic mass is 9.88. The molecule has 0 bridgehead atoms. The molecule has 0 radical (unpaired) electrons. The smallest absolute Gasteiger partial charge is 0.407 e. The van der Waals surface area contributed by atoms with Crippen LogP contribution >= 0.6 is 0 Å². The van der Waals surface area contributed by atoms with E-state index in [0.29, 0.717) is 25.4 Å². The molecule has 1 amide bonds. The molecule has 2 aliphatic rings. The molecule has 1 N–H and O–H groups in total. The molecule has 1 saturated carbocycles. The van der Waals surface area contributed by atoms with E-state index in [1.807, 2.05) is 0 Å². The number of carbonyl (C=O) groups excluding carboxylic acids is 1. The normalized spacial score (nSPS) is 33.2. The third-order valence-electron chi connectivity index (χ3n) is 3.20. The number of hydrogen-bond acceptors (Lipinski definition) is 2. The molecule has 0 aromatic heterocycles. The van der Waals surface area contributed by atoms with Crippen LogP contribution in [0.5, 0.6) is 0 Å². The van der Waals surface area contributed by atoms with Crippen molar-refractivity contribution in [3.63, 3.8) is 0 Å². The Morgan fingerprint density at radius 2 is 2.23 bits per heavy atom. The highest BCUT2D eigenvalue weighted by molar-refractivity contribution is 5.84. The number of rotatable bonds is 0. The van der Waals surface area contributed by atoms with Crippen LogP contribution < -0.4 is 0 Å². The van der Waals surface area contributed by atoms with E-state index in [0.717, 1.165) is 12.8 Å². The van der Waals surface area contributed by atoms with E-state index < -0.39 is 6.09 Å². The van der Waals surface area contributed by atoms with Crippen molar-refractivity contribution in [3.8, 4) is 0 Å². The molecule has 0 spiro atoms. The number of carboxylic acid groups (broad SMARTS) is 1. The Morgan fingerprint density at radius 3 is 2.92 bits per heavy atom. The second-order valence-corrected chi connectivity index (χ2v) is 3.89. The molecule has 0 aromatic rings. The van der Waals surface area contributed by atoms with E-state index in [1.54, 1.807) is 0 Å². The molecular weight excluding hydrogens is 170 g/mol. The van der Waals surface area contributed by atoms with Gasteiger partial charge in [0.05, 0.1) is 0 Å². The zero-order valence-corrected chi connectivity index (χ0v) is 7.40. The van der Waals surface area contributed by atoms with Crippen molar-refractivity contribution in [2.45, 2.75) is 19.3 Å². The van der Waals surface area contributed by atoms with E-state index in [9.17, 15) is 9.59 Å². The summed E-state index contributed by atoms with van der Waals surface area (Å²) in [6, 6.07) is 0. The van der Waals surface area contributed by atoms with Crippen LogP contribution in [0.4, 0.5) is 4.79 Å². The van der Waals surface area contributed by atoms with Crippen LogP contribution in [-0.2, 0) is 4.79 Å². The summed E-state index contributed by atoms with van der Waals surface area (Å²) in [5.74, 6) is 0.726. The number of likely N-dealkylation sites (tertiary alicyclic amines) is 1. The van der Waals surface area contributed by atoms with E-state index in [2.05, 4.69) is 0 Å². The number of carbonyl (C=O) groups is 2. The Balaban J connectivity index is 2.05. The van der Waals surface area contributed by atoms with Crippen LogP contribution in [0.3, 0.4) is 0 Å². The first-order chi connectivity index (χ1) is 6.18. The lowest BCUT2D eigenvalue weighted by Crippen LogP contribution is -2.43. The monoisotopic (exact) mass is 183 g/mol. The van der Waals surface area contributed by atoms with Gasteiger partial charge in [0.1, 0.15) is 5.78 Å². The molecule has 1 saturated heterocycles. The Labute approximate surface area is 76.5 Å². The fraction of sp³-hybridized carbons (Fsp3) is 0.778. The van der Waals surface area contributed by atoms with Gasteiger partial charge in [0.15, 0.2) is 0 Å². The summed E-state index contributed by atoms with van der Waals surface area (Å²) in [5.41, 5.74) is 0. The average molecular weight is 183 g/mol. The molecule has 4 nitrogen and oxygen atoms in total. The maximum atomic E-state index is 11.4. The number of ketones is 1. The van der Waals surface area contributed by atoms with Gasteiger partial charge in [-0.1, -0.05) is 0 Å². The molecule has 2 rings (SSSR count). The second-order valence-electron chi connectivity index (χ2n) is 3.89. The minimum absolute atomic E-state index is 0.00449. The molecule has 1 heterocycles. The van der Waals surface area contributed by atoms with Gasteiger partial charge in [0, 0.05) is 25.4 Å². The van der Waals surface area contributed by atoms with E-state index >= 15 is 0 Å². The lowest BCUT2D eigenvalue weighted by Gasteiger charge is -2.32. The first kappa shape index (κ1) is 8.53. The highest BCUT2D eigenvalue weighted by Gasteiger charge is 2.39. The van der Waals surface area contributed by atoms with E-state index in [4.69, 9.17) is 5.11 Å². The van der Waals surface area contributed by atoms with Crippen LogP contribution in [0.1, 0.15) is 19.3 Å². The van der Waals surface area contributed by atoms with Crippen LogP contribution in [0.2, 0.25) is 0 Å². The zero-order chi connectivity index (χ0) is 9.42. The molecule has 72 valence electrons. The number of fused-ring (bicyclic) bond motifs is 1. The molecule has 0 unspecified atom stereocenters. The van der Waals surface area contributed by atoms with Crippen LogP contribution in [-0.4, -0.2) is 35.0 Å². The fourth-order valence-electron chi connectivity index (χ4n) is 2.40. The molecular formula is C9H13NO3.